The fourth-order valence-corrected chi connectivity index (χ4v) is 9.85. The highest BCUT2D eigenvalue weighted by atomic mass is 15.0. The summed E-state index contributed by atoms with van der Waals surface area (Å²) in [5, 5.41) is 5.17. The Balaban J connectivity index is 0.968. The number of hydrogen-bond acceptors (Lipinski definition) is 0. The van der Waals surface area contributed by atoms with Gasteiger partial charge in [-0.3, -0.25) is 0 Å². The van der Waals surface area contributed by atoms with Gasteiger partial charge in [0.2, 0.25) is 0 Å². The molecule has 0 spiro atoms. The molecule has 59 heavy (non-hydrogen) atoms. The van der Waals surface area contributed by atoms with Gasteiger partial charge in [-0.05, 0) is 161 Å². The first kappa shape index (κ1) is 35.5. The quantitative estimate of drug-likeness (QED) is 0.131. The van der Waals surface area contributed by atoms with E-state index in [9.17, 15) is 0 Å². The number of rotatable bonds is 10. The first-order valence-electron chi connectivity index (χ1n) is 21.7. The standard InChI is InChI=1S/C57H48N2/c1-3-5-13-38-15-11-17-46(31-38)58-54-21-9-7-19-48(54)52-36-42(27-29-56(52)58)40-23-25-44-33-45-26-24-41(35-51(45)50(44)34-40)43-28-30-57-53(37-43)49-20-8-10-22-55(49)59(57)47-18-12-16-39(32-47)14-6-4-2/h7-12,15-32,34-37H,3-6,13-14,33H2,1-2H3. The molecule has 2 heterocycles. The van der Waals surface area contributed by atoms with Gasteiger partial charge >= 0.3 is 0 Å². The smallest absolute Gasteiger partial charge is 0.0541 e. The van der Waals surface area contributed by atoms with Crippen LogP contribution in [0, 0.1) is 0 Å². The highest BCUT2D eigenvalue weighted by Gasteiger charge is 2.21. The zero-order valence-corrected chi connectivity index (χ0v) is 34.0. The van der Waals surface area contributed by atoms with E-state index >= 15 is 0 Å². The van der Waals surface area contributed by atoms with E-state index in [0.29, 0.717) is 0 Å². The lowest BCUT2D eigenvalue weighted by Crippen LogP contribution is -1.95. The van der Waals surface area contributed by atoms with Crippen LogP contribution in [0.5, 0.6) is 0 Å². The molecule has 286 valence electrons. The summed E-state index contributed by atoms with van der Waals surface area (Å²) >= 11 is 0. The van der Waals surface area contributed by atoms with Crippen molar-refractivity contribution in [2.75, 3.05) is 0 Å². The van der Waals surface area contributed by atoms with Gasteiger partial charge in [-0.1, -0.05) is 124 Å². The Bertz CT molecular complexity index is 3010. The maximum atomic E-state index is 2.45. The van der Waals surface area contributed by atoms with E-state index in [0.717, 1.165) is 19.3 Å². The molecule has 10 aromatic rings. The minimum Gasteiger partial charge on any atom is -0.309 e. The number of nitrogens with zero attached hydrogens (tertiary/aromatic N) is 2. The lowest BCUT2D eigenvalue weighted by atomic mass is 9.95. The molecule has 8 aromatic carbocycles. The van der Waals surface area contributed by atoms with Crippen LogP contribution < -0.4 is 0 Å². The number of unbranched alkanes of at least 4 members (excludes halogenated alkanes) is 2. The summed E-state index contributed by atoms with van der Waals surface area (Å²) in [7, 11) is 0. The van der Waals surface area contributed by atoms with Crippen LogP contribution in [0.4, 0.5) is 0 Å². The Hall–Kier alpha value is -6.64. The zero-order chi connectivity index (χ0) is 39.5. The second kappa shape index (κ2) is 14.6. The van der Waals surface area contributed by atoms with Crippen LogP contribution in [0.25, 0.3) is 88.4 Å². The topological polar surface area (TPSA) is 9.86 Å². The zero-order valence-electron chi connectivity index (χ0n) is 34.0. The summed E-state index contributed by atoms with van der Waals surface area (Å²) in [6.45, 7) is 4.53. The first-order chi connectivity index (χ1) is 29.1. The molecule has 0 bridgehead atoms. The molecule has 0 N–H and O–H groups in total. The van der Waals surface area contributed by atoms with E-state index in [2.05, 4.69) is 193 Å². The van der Waals surface area contributed by atoms with E-state index in [-0.39, 0.29) is 0 Å². The molecule has 2 heteroatoms. The van der Waals surface area contributed by atoms with E-state index < -0.39 is 0 Å². The minimum absolute atomic E-state index is 0.971. The largest absolute Gasteiger partial charge is 0.309 e. The van der Waals surface area contributed by atoms with Crippen molar-refractivity contribution >= 4 is 43.6 Å². The summed E-state index contributed by atoms with van der Waals surface area (Å²) in [5.41, 5.74) is 20.8. The van der Waals surface area contributed by atoms with Crippen molar-refractivity contribution in [1.29, 1.82) is 0 Å². The molecule has 0 atom stereocenters. The lowest BCUT2D eigenvalue weighted by Gasteiger charge is -2.11. The average molecular weight is 761 g/mol. The molecular formula is C57H48N2. The van der Waals surface area contributed by atoms with Gasteiger partial charge in [0.25, 0.3) is 0 Å². The van der Waals surface area contributed by atoms with Crippen LogP contribution in [0.2, 0.25) is 0 Å². The van der Waals surface area contributed by atoms with E-state index in [1.54, 1.807) is 0 Å². The summed E-state index contributed by atoms with van der Waals surface area (Å²) in [5.74, 6) is 0. The molecule has 0 radical (unpaired) electrons. The van der Waals surface area contributed by atoms with Crippen molar-refractivity contribution in [3.8, 4) is 44.8 Å². The van der Waals surface area contributed by atoms with Crippen molar-refractivity contribution in [2.45, 2.75) is 58.8 Å². The van der Waals surface area contributed by atoms with E-state index in [4.69, 9.17) is 0 Å². The Morgan fingerprint density at radius 1 is 0.373 bits per heavy atom. The third-order valence-corrected chi connectivity index (χ3v) is 12.9. The number of aryl methyl sites for hydroxylation is 2. The van der Waals surface area contributed by atoms with E-state index in [1.807, 2.05) is 0 Å². The first-order valence-corrected chi connectivity index (χ1v) is 21.7. The maximum Gasteiger partial charge on any atom is 0.0541 e. The Morgan fingerprint density at radius 3 is 1.27 bits per heavy atom. The monoisotopic (exact) mass is 760 g/mol. The lowest BCUT2D eigenvalue weighted by molar-refractivity contribution is 0.794. The van der Waals surface area contributed by atoms with Gasteiger partial charge in [0.1, 0.15) is 0 Å². The highest BCUT2D eigenvalue weighted by molar-refractivity contribution is 6.11. The van der Waals surface area contributed by atoms with Crippen LogP contribution in [-0.2, 0) is 19.3 Å². The van der Waals surface area contributed by atoms with Crippen molar-refractivity contribution in [1.82, 2.24) is 9.13 Å². The fourth-order valence-electron chi connectivity index (χ4n) is 9.85. The average Bonchev–Trinajstić information content (AvgIpc) is 3.94. The predicted octanol–water partition coefficient (Wildman–Crippen LogP) is 15.5. The molecule has 2 aromatic heterocycles. The summed E-state index contributed by atoms with van der Waals surface area (Å²) in [6, 6.07) is 64.4. The van der Waals surface area contributed by atoms with Gasteiger partial charge in [-0.25, -0.2) is 0 Å². The molecular weight excluding hydrogens is 713 g/mol. The molecule has 0 unspecified atom stereocenters. The Morgan fingerprint density at radius 2 is 0.797 bits per heavy atom. The molecule has 1 aliphatic carbocycles. The summed E-state index contributed by atoms with van der Waals surface area (Å²) in [6.07, 6.45) is 8.03. The highest BCUT2D eigenvalue weighted by Crippen LogP contribution is 2.43. The van der Waals surface area contributed by atoms with Gasteiger partial charge in [-0.15, -0.1) is 0 Å². The third-order valence-electron chi connectivity index (χ3n) is 12.9. The van der Waals surface area contributed by atoms with Crippen molar-refractivity contribution in [2.24, 2.45) is 0 Å². The molecule has 0 aliphatic heterocycles. The molecule has 1 aliphatic rings. The van der Waals surface area contributed by atoms with Gasteiger partial charge in [0, 0.05) is 32.9 Å². The molecule has 2 nitrogen and oxygen atoms in total. The number of fused-ring (bicyclic) bond motifs is 9. The van der Waals surface area contributed by atoms with Crippen LogP contribution in [-0.4, -0.2) is 9.13 Å². The number of aromatic nitrogens is 2. The Kier molecular flexibility index (Phi) is 8.81. The van der Waals surface area contributed by atoms with Gasteiger partial charge in [0.05, 0.1) is 22.1 Å². The Labute approximate surface area is 347 Å². The number of hydrogen-bond donors (Lipinski definition) is 0. The van der Waals surface area contributed by atoms with Crippen molar-refractivity contribution in [3.63, 3.8) is 0 Å². The summed E-state index contributed by atoms with van der Waals surface area (Å²) < 4.78 is 4.90. The van der Waals surface area contributed by atoms with Crippen molar-refractivity contribution in [3.05, 3.63) is 192 Å². The molecule has 11 rings (SSSR count). The van der Waals surface area contributed by atoms with Crippen LogP contribution in [0.15, 0.2) is 170 Å². The third kappa shape index (κ3) is 6.09. The minimum atomic E-state index is 0.971. The van der Waals surface area contributed by atoms with E-state index in [1.165, 1.54) is 136 Å². The fraction of sp³-hybridized carbons (Fsp3) is 0.158. The molecule has 0 saturated carbocycles. The van der Waals surface area contributed by atoms with Crippen LogP contribution in [0.3, 0.4) is 0 Å². The van der Waals surface area contributed by atoms with Gasteiger partial charge in [0.15, 0.2) is 0 Å². The van der Waals surface area contributed by atoms with Crippen LogP contribution in [0.1, 0.15) is 61.8 Å². The normalized spacial score (nSPS) is 12.2. The molecule has 0 saturated heterocycles. The number of para-hydroxylation sites is 2. The molecule has 0 amide bonds. The van der Waals surface area contributed by atoms with Crippen molar-refractivity contribution < 1.29 is 0 Å². The van der Waals surface area contributed by atoms with Gasteiger partial charge in [-0.2, -0.15) is 0 Å². The number of benzene rings is 8. The second-order valence-corrected chi connectivity index (χ2v) is 16.6. The van der Waals surface area contributed by atoms with Gasteiger partial charge < -0.3 is 9.13 Å². The molecule has 0 fully saturated rings. The summed E-state index contributed by atoms with van der Waals surface area (Å²) in [4.78, 5) is 0. The predicted molar refractivity (Wildman–Crippen MR) is 251 cm³/mol. The second-order valence-electron chi connectivity index (χ2n) is 16.6. The maximum absolute atomic E-state index is 2.45. The SMILES string of the molecule is CCCCc1cccc(-n2c3ccccc3c3cc(-c4ccc5c(c4)-c4cc(-c6ccc7c(c6)c6ccccc6n7-c6cccc(CCCC)c6)ccc4C5)ccc32)c1. The van der Waals surface area contributed by atoms with Crippen LogP contribution >= 0.6 is 0 Å².